The summed E-state index contributed by atoms with van der Waals surface area (Å²) in [5, 5.41) is 2.34. The Morgan fingerprint density at radius 3 is 2.56 bits per heavy atom. The van der Waals surface area contributed by atoms with E-state index < -0.39 is 9.84 Å². The molecule has 1 aromatic carbocycles. The average molecular weight is 395 g/mol. The first-order valence-electron chi connectivity index (χ1n) is 10.0. The number of nitrogens with zero attached hydrogens (tertiary/aromatic N) is 1. The smallest absolute Gasteiger partial charge is 0.179 e. The fourth-order valence-electron chi connectivity index (χ4n) is 4.54. The molecule has 0 radical (unpaired) electrons. The van der Waals surface area contributed by atoms with Crippen LogP contribution in [0.15, 0.2) is 35.2 Å². The molecule has 1 aliphatic heterocycles. The predicted molar refractivity (Wildman–Crippen MR) is 108 cm³/mol. The highest BCUT2D eigenvalue weighted by Crippen LogP contribution is 2.41. The van der Waals surface area contributed by atoms with Gasteiger partial charge < -0.3 is 4.74 Å². The number of sulfone groups is 1. The van der Waals surface area contributed by atoms with E-state index in [2.05, 4.69) is 31.2 Å². The Hall–Kier alpha value is -0.950. The first-order valence-corrected chi connectivity index (χ1v) is 11.7. The Bertz CT molecular complexity index is 715. The minimum absolute atomic E-state index is 0.0914. The summed E-state index contributed by atoms with van der Waals surface area (Å²) in [6.45, 7) is 7.01. The molecule has 1 N–H and O–H groups in total. The van der Waals surface area contributed by atoms with Gasteiger partial charge in [0.05, 0.1) is 17.3 Å². The molecule has 2 aliphatic rings. The van der Waals surface area contributed by atoms with Crippen LogP contribution in [0.25, 0.3) is 0 Å². The summed E-state index contributed by atoms with van der Waals surface area (Å²) in [5.41, 5.74) is 3.48. The van der Waals surface area contributed by atoms with Crippen LogP contribution in [0, 0.1) is 11.3 Å². The summed E-state index contributed by atoms with van der Waals surface area (Å²) >= 11 is 0. The molecule has 152 valence electrons. The molecule has 0 unspecified atom stereocenters. The van der Waals surface area contributed by atoms with Crippen LogP contribution >= 0.6 is 0 Å². The molecule has 5 nitrogen and oxygen atoms in total. The molecule has 1 aliphatic carbocycles. The van der Waals surface area contributed by atoms with Crippen molar-refractivity contribution in [1.29, 1.82) is 0 Å². The SMILES string of the molecule is COC[C@H]1C[C@H]2CCC[C@H]2N1N[C@@H](CS(=O)(=O)c1ccccc1)C(C)(C)C. The zero-order valence-corrected chi connectivity index (χ0v) is 17.8. The monoisotopic (exact) mass is 394 g/mol. The Balaban J connectivity index is 1.81. The molecule has 1 saturated heterocycles. The highest BCUT2D eigenvalue weighted by atomic mass is 32.2. The third-order valence-corrected chi connectivity index (χ3v) is 7.90. The maximum absolute atomic E-state index is 13.0. The van der Waals surface area contributed by atoms with E-state index in [-0.39, 0.29) is 17.2 Å². The van der Waals surface area contributed by atoms with Gasteiger partial charge in [-0.2, -0.15) is 0 Å². The number of ether oxygens (including phenoxy) is 1. The third kappa shape index (κ3) is 4.73. The van der Waals surface area contributed by atoms with Crippen LogP contribution in [0.2, 0.25) is 0 Å². The Labute approximate surface area is 164 Å². The van der Waals surface area contributed by atoms with Crippen LogP contribution in [-0.4, -0.2) is 51.0 Å². The van der Waals surface area contributed by atoms with Gasteiger partial charge in [0.25, 0.3) is 0 Å². The fourth-order valence-corrected chi connectivity index (χ4v) is 6.32. The molecule has 0 bridgehead atoms. The Morgan fingerprint density at radius 2 is 1.93 bits per heavy atom. The molecule has 4 atom stereocenters. The lowest BCUT2D eigenvalue weighted by Gasteiger charge is -2.39. The van der Waals surface area contributed by atoms with Crippen LogP contribution in [0.4, 0.5) is 0 Å². The number of hydrogen-bond acceptors (Lipinski definition) is 5. The number of fused-ring (bicyclic) bond motifs is 1. The largest absolute Gasteiger partial charge is 0.383 e. The summed E-state index contributed by atoms with van der Waals surface area (Å²) in [5.74, 6) is 0.790. The third-order valence-electron chi connectivity index (χ3n) is 6.14. The number of hydrogen-bond donors (Lipinski definition) is 1. The first-order chi connectivity index (χ1) is 12.7. The summed E-state index contributed by atoms with van der Waals surface area (Å²) in [6.07, 6.45) is 4.84. The second-order valence-corrected chi connectivity index (χ2v) is 11.2. The van der Waals surface area contributed by atoms with Gasteiger partial charge in [-0.15, -0.1) is 0 Å². The Kier molecular flexibility index (Phi) is 6.31. The standard InChI is InChI=1S/C21H34N2O3S/c1-21(2,3)20(15-27(24,25)18-10-6-5-7-11-18)22-23-17(14-26-4)13-16-9-8-12-19(16)23/h5-7,10-11,16-17,19-20,22H,8-9,12-15H2,1-4H3/t16-,17-,19-,20+/m1/s1. The van der Waals surface area contributed by atoms with Gasteiger partial charge in [0.2, 0.25) is 0 Å². The summed E-state index contributed by atoms with van der Waals surface area (Å²) in [4.78, 5) is 0.398. The highest BCUT2D eigenvalue weighted by Gasteiger charge is 2.45. The van der Waals surface area contributed by atoms with Gasteiger partial charge in [-0.1, -0.05) is 45.4 Å². The van der Waals surface area contributed by atoms with Crippen LogP contribution in [0.1, 0.15) is 46.5 Å². The zero-order chi connectivity index (χ0) is 19.7. The number of rotatable bonds is 7. The second-order valence-electron chi connectivity index (χ2n) is 9.15. The zero-order valence-electron chi connectivity index (χ0n) is 17.0. The Morgan fingerprint density at radius 1 is 1.22 bits per heavy atom. The van der Waals surface area contributed by atoms with Crippen LogP contribution in [0.5, 0.6) is 0 Å². The van der Waals surface area contributed by atoms with E-state index in [1.807, 2.05) is 6.07 Å². The topological polar surface area (TPSA) is 58.6 Å². The minimum Gasteiger partial charge on any atom is -0.383 e. The predicted octanol–water partition coefficient (Wildman–Crippen LogP) is 3.27. The van der Waals surface area contributed by atoms with E-state index in [9.17, 15) is 8.42 Å². The van der Waals surface area contributed by atoms with E-state index in [0.29, 0.717) is 29.5 Å². The van der Waals surface area contributed by atoms with Crippen molar-refractivity contribution in [3.05, 3.63) is 30.3 Å². The van der Waals surface area contributed by atoms with Crippen molar-refractivity contribution in [3.8, 4) is 0 Å². The van der Waals surface area contributed by atoms with Crippen molar-refractivity contribution in [2.45, 2.75) is 69.5 Å². The van der Waals surface area contributed by atoms with Crippen molar-refractivity contribution in [2.24, 2.45) is 11.3 Å². The van der Waals surface area contributed by atoms with Gasteiger partial charge in [-0.05, 0) is 42.7 Å². The van der Waals surface area contributed by atoms with Crippen LogP contribution in [-0.2, 0) is 14.6 Å². The van der Waals surface area contributed by atoms with Crippen molar-refractivity contribution in [1.82, 2.24) is 10.4 Å². The minimum atomic E-state index is -3.36. The molecule has 2 fully saturated rings. The molecule has 3 rings (SSSR count). The number of benzene rings is 1. The molecule has 1 heterocycles. The van der Waals surface area contributed by atoms with Gasteiger partial charge in [0.1, 0.15) is 0 Å². The molecule has 1 saturated carbocycles. The van der Waals surface area contributed by atoms with Crippen molar-refractivity contribution in [3.63, 3.8) is 0 Å². The van der Waals surface area contributed by atoms with Crippen LogP contribution < -0.4 is 5.43 Å². The normalized spacial score (nSPS) is 27.6. The van der Waals surface area contributed by atoms with Crippen molar-refractivity contribution < 1.29 is 13.2 Å². The summed E-state index contributed by atoms with van der Waals surface area (Å²) in [6, 6.07) is 9.43. The lowest BCUT2D eigenvalue weighted by atomic mass is 9.88. The fraction of sp³-hybridized carbons (Fsp3) is 0.714. The van der Waals surface area contributed by atoms with Gasteiger partial charge >= 0.3 is 0 Å². The van der Waals surface area contributed by atoms with Gasteiger partial charge in [-0.25, -0.2) is 18.9 Å². The molecule has 0 amide bonds. The van der Waals surface area contributed by atoms with Crippen LogP contribution in [0.3, 0.4) is 0 Å². The molecular weight excluding hydrogens is 360 g/mol. The first kappa shape index (κ1) is 20.8. The molecule has 6 heteroatoms. The molecule has 0 aromatic heterocycles. The number of nitrogens with one attached hydrogen (secondary N) is 1. The molecule has 0 spiro atoms. The van der Waals surface area contributed by atoms with Gasteiger partial charge in [-0.3, -0.25) is 0 Å². The van der Waals surface area contributed by atoms with E-state index in [1.165, 1.54) is 19.3 Å². The van der Waals surface area contributed by atoms with Gasteiger partial charge in [0, 0.05) is 25.2 Å². The molecular formula is C21H34N2O3S. The van der Waals surface area contributed by atoms with Crippen molar-refractivity contribution in [2.75, 3.05) is 19.5 Å². The maximum atomic E-state index is 13.0. The van der Waals surface area contributed by atoms with Gasteiger partial charge in [0.15, 0.2) is 9.84 Å². The molecule has 1 aromatic rings. The van der Waals surface area contributed by atoms with E-state index in [4.69, 9.17) is 4.74 Å². The second kappa shape index (κ2) is 8.19. The van der Waals surface area contributed by atoms with E-state index in [1.54, 1.807) is 31.4 Å². The van der Waals surface area contributed by atoms with Crippen molar-refractivity contribution >= 4 is 9.84 Å². The lowest BCUT2D eigenvalue weighted by molar-refractivity contribution is 0.0275. The number of methoxy groups -OCH3 is 1. The average Bonchev–Trinajstić information content (AvgIpc) is 3.17. The molecule has 27 heavy (non-hydrogen) atoms. The maximum Gasteiger partial charge on any atom is 0.179 e. The summed E-state index contributed by atoms with van der Waals surface area (Å²) < 4.78 is 31.5. The highest BCUT2D eigenvalue weighted by molar-refractivity contribution is 7.91. The van der Waals surface area contributed by atoms with E-state index >= 15 is 0 Å². The lowest BCUT2D eigenvalue weighted by Crippen LogP contribution is -2.57. The van der Waals surface area contributed by atoms with E-state index in [0.717, 1.165) is 6.42 Å². The number of hydrazine groups is 1. The summed E-state index contributed by atoms with van der Waals surface area (Å²) in [7, 11) is -1.61. The quantitative estimate of drug-likeness (QED) is 0.769.